The lowest BCUT2D eigenvalue weighted by Crippen LogP contribution is -2.50. The van der Waals surface area contributed by atoms with E-state index in [0.29, 0.717) is 37.3 Å². The summed E-state index contributed by atoms with van der Waals surface area (Å²) in [6.07, 6.45) is 4.02. The van der Waals surface area contributed by atoms with E-state index in [-0.39, 0.29) is 29.8 Å². The van der Waals surface area contributed by atoms with Crippen molar-refractivity contribution in [1.82, 2.24) is 19.0 Å². The number of hydrogen-bond acceptors (Lipinski definition) is 5. The molecule has 3 aliphatic heterocycles. The third kappa shape index (κ3) is 3.74. The fourth-order valence-corrected chi connectivity index (χ4v) is 5.96. The van der Waals surface area contributed by atoms with Gasteiger partial charge in [-0.1, -0.05) is 0 Å². The van der Waals surface area contributed by atoms with Crippen molar-refractivity contribution in [2.75, 3.05) is 31.5 Å². The zero-order valence-corrected chi connectivity index (χ0v) is 18.0. The predicted molar refractivity (Wildman–Crippen MR) is 113 cm³/mol. The van der Waals surface area contributed by atoms with Crippen molar-refractivity contribution in [2.45, 2.75) is 43.5 Å². The molecule has 1 fully saturated rings. The number of nitrogens with one attached hydrogen (secondary N) is 1. The molecule has 5 rings (SSSR count). The third-order valence-corrected chi connectivity index (χ3v) is 8.17. The number of sulfonamides is 1. The lowest BCUT2D eigenvalue weighted by molar-refractivity contribution is -0.116. The highest BCUT2D eigenvalue weighted by Gasteiger charge is 2.32. The number of fused-ring (bicyclic) bond motifs is 2. The summed E-state index contributed by atoms with van der Waals surface area (Å²) in [6.45, 7) is 2.01. The lowest BCUT2D eigenvalue weighted by Gasteiger charge is -2.33. The number of benzene rings is 1. The number of nitrogens with zero attached hydrogens (tertiary/aromatic N) is 4. The summed E-state index contributed by atoms with van der Waals surface area (Å²) in [5, 5.41) is 7.22. The van der Waals surface area contributed by atoms with Crippen molar-refractivity contribution in [1.29, 1.82) is 0 Å². The average molecular weight is 444 g/mol. The number of hydrogen-bond donors (Lipinski definition) is 1. The minimum absolute atomic E-state index is 0.0533. The lowest BCUT2D eigenvalue weighted by atomic mass is 10.0. The fourth-order valence-electron chi connectivity index (χ4n) is 4.49. The second-order valence-corrected chi connectivity index (χ2v) is 10.2. The highest BCUT2D eigenvalue weighted by molar-refractivity contribution is 7.89. The zero-order valence-electron chi connectivity index (χ0n) is 17.2. The van der Waals surface area contributed by atoms with Crippen LogP contribution in [0.1, 0.15) is 41.0 Å². The van der Waals surface area contributed by atoms with Gasteiger partial charge in [0.25, 0.3) is 5.91 Å². The number of carbonyl (C=O) groups excluding carboxylic acids is 2. The molecule has 0 saturated carbocycles. The van der Waals surface area contributed by atoms with Gasteiger partial charge in [-0.25, -0.2) is 8.42 Å². The van der Waals surface area contributed by atoms with E-state index in [0.717, 1.165) is 37.1 Å². The van der Waals surface area contributed by atoms with E-state index in [1.165, 1.54) is 10.4 Å². The Hall–Kier alpha value is -2.72. The largest absolute Gasteiger partial charge is 0.335 e. The van der Waals surface area contributed by atoms with Crippen LogP contribution in [-0.4, -0.2) is 65.4 Å². The molecule has 164 valence electrons. The topological polar surface area (TPSA) is 105 Å². The van der Waals surface area contributed by atoms with Crippen molar-refractivity contribution >= 4 is 27.5 Å². The maximum atomic E-state index is 13.1. The second-order valence-electron chi connectivity index (χ2n) is 8.26. The molecule has 2 aromatic rings. The molecular formula is C21H25N5O4S. The number of carbonyl (C=O) groups is 2. The molecule has 31 heavy (non-hydrogen) atoms. The molecule has 1 N–H and O–H groups in total. The minimum Gasteiger partial charge on any atom is -0.335 e. The summed E-state index contributed by atoms with van der Waals surface area (Å²) >= 11 is 0. The first kappa shape index (κ1) is 20.2. The summed E-state index contributed by atoms with van der Waals surface area (Å²) in [4.78, 5) is 26.3. The van der Waals surface area contributed by atoms with Gasteiger partial charge in [0.05, 0.1) is 4.90 Å². The molecular weight excluding hydrogens is 418 g/mol. The van der Waals surface area contributed by atoms with E-state index in [9.17, 15) is 18.0 Å². The minimum atomic E-state index is -3.66. The van der Waals surface area contributed by atoms with Crippen molar-refractivity contribution < 1.29 is 18.0 Å². The maximum absolute atomic E-state index is 13.1. The van der Waals surface area contributed by atoms with E-state index in [1.54, 1.807) is 17.0 Å². The maximum Gasteiger partial charge on any atom is 0.274 e. The van der Waals surface area contributed by atoms with Crippen LogP contribution < -0.4 is 5.32 Å². The van der Waals surface area contributed by atoms with Crippen LogP contribution in [0.25, 0.3) is 0 Å². The number of aromatic nitrogens is 2. The summed E-state index contributed by atoms with van der Waals surface area (Å²) in [7, 11) is -3.66. The number of rotatable bonds is 3. The van der Waals surface area contributed by atoms with Crippen molar-refractivity contribution in [3.05, 3.63) is 41.2 Å². The highest BCUT2D eigenvalue weighted by Crippen LogP contribution is 2.27. The Balaban J connectivity index is 1.27. The van der Waals surface area contributed by atoms with Gasteiger partial charge < -0.3 is 10.2 Å². The molecule has 1 saturated heterocycles. The van der Waals surface area contributed by atoms with Gasteiger partial charge in [0, 0.05) is 50.5 Å². The quantitative estimate of drug-likeness (QED) is 0.769. The van der Waals surface area contributed by atoms with Crippen molar-refractivity contribution in [2.24, 2.45) is 0 Å². The van der Waals surface area contributed by atoms with Crippen LogP contribution in [-0.2, 0) is 34.2 Å². The molecule has 1 aromatic heterocycles. The second kappa shape index (κ2) is 7.76. The highest BCUT2D eigenvalue weighted by atomic mass is 32.2. The van der Waals surface area contributed by atoms with E-state index in [4.69, 9.17) is 0 Å². The Morgan fingerprint density at radius 1 is 0.968 bits per heavy atom. The van der Waals surface area contributed by atoms with E-state index >= 15 is 0 Å². The normalized spacial score (nSPS) is 19.5. The van der Waals surface area contributed by atoms with E-state index in [2.05, 4.69) is 10.4 Å². The molecule has 10 heteroatoms. The van der Waals surface area contributed by atoms with E-state index < -0.39 is 10.0 Å². The number of aryl methyl sites for hydroxylation is 3. The molecule has 3 aliphatic rings. The van der Waals surface area contributed by atoms with Crippen LogP contribution in [0.3, 0.4) is 0 Å². The van der Waals surface area contributed by atoms with Crippen LogP contribution in [0.5, 0.6) is 0 Å². The Morgan fingerprint density at radius 2 is 1.77 bits per heavy atom. The molecule has 0 bridgehead atoms. The zero-order chi connectivity index (χ0) is 21.6. The van der Waals surface area contributed by atoms with Crippen LogP contribution in [0, 0.1) is 0 Å². The van der Waals surface area contributed by atoms with Crippen molar-refractivity contribution in [3.8, 4) is 0 Å². The SMILES string of the molecule is O=C1CCc2cc(S(=O)(=O)N3CCN(C(=O)c4cc5n(n4)CCCC5)CC3)ccc2N1. The molecule has 2 amide bonds. The Bertz CT molecular complexity index is 1130. The summed E-state index contributed by atoms with van der Waals surface area (Å²) in [6, 6.07) is 6.71. The molecule has 0 aliphatic carbocycles. The first-order chi connectivity index (χ1) is 14.9. The molecule has 0 unspecified atom stereocenters. The molecule has 0 radical (unpaired) electrons. The number of amides is 2. The molecule has 1 aromatic carbocycles. The van der Waals surface area contributed by atoms with Gasteiger partial charge in [0.1, 0.15) is 0 Å². The Labute approximate surface area is 181 Å². The van der Waals surface area contributed by atoms with Gasteiger partial charge in [-0.05, 0) is 55.5 Å². The van der Waals surface area contributed by atoms with Crippen LogP contribution in [0.2, 0.25) is 0 Å². The van der Waals surface area contributed by atoms with Crippen molar-refractivity contribution in [3.63, 3.8) is 0 Å². The summed E-state index contributed by atoms with van der Waals surface area (Å²) in [5.74, 6) is -0.189. The third-order valence-electron chi connectivity index (χ3n) is 6.27. The van der Waals surface area contributed by atoms with Gasteiger partial charge in [-0.2, -0.15) is 9.40 Å². The van der Waals surface area contributed by atoms with Gasteiger partial charge in [-0.15, -0.1) is 0 Å². The first-order valence-corrected chi connectivity index (χ1v) is 12.1. The molecule has 0 atom stereocenters. The van der Waals surface area contributed by atoms with Crippen LogP contribution >= 0.6 is 0 Å². The summed E-state index contributed by atoms with van der Waals surface area (Å²) < 4.78 is 29.6. The monoisotopic (exact) mass is 443 g/mol. The fraction of sp³-hybridized carbons (Fsp3) is 0.476. The molecule has 4 heterocycles. The number of anilines is 1. The van der Waals surface area contributed by atoms with Gasteiger partial charge in [0.15, 0.2) is 5.69 Å². The average Bonchev–Trinajstić information content (AvgIpc) is 3.22. The van der Waals surface area contributed by atoms with Crippen LogP contribution in [0.4, 0.5) is 5.69 Å². The van der Waals surface area contributed by atoms with Crippen LogP contribution in [0.15, 0.2) is 29.2 Å². The van der Waals surface area contributed by atoms with E-state index in [1.807, 2.05) is 10.7 Å². The van der Waals surface area contributed by atoms with Gasteiger partial charge in [0.2, 0.25) is 15.9 Å². The van der Waals surface area contributed by atoms with Gasteiger partial charge in [-0.3, -0.25) is 14.3 Å². The Kier molecular flexibility index (Phi) is 5.05. The first-order valence-electron chi connectivity index (χ1n) is 10.7. The molecule has 9 nitrogen and oxygen atoms in total. The smallest absolute Gasteiger partial charge is 0.274 e. The molecule has 0 spiro atoms. The number of piperazine rings is 1. The standard InChI is InChI=1S/C21H25N5O4S/c27-20-7-4-15-13-17(5-6-18(15)22-20)31(29,30)25-11-9-24(10-12-25)21(28)19-14-16-3-1-2-8-26(16)23-19/h5-6,13-14H,1-4,7-12H2,(H,22,27). The summed E-state index contributed by atoms with van der Waals surface area (Å²) in [5.41, 5.74) is 3.05. The Morgan fingerprint density at radius 3 is 2.55 bits per heavy atom. The van der Waals surface area contributed by atoms with Gasteiger partial charge >= 0.3 is 0 Å². The predicted octanol–water partition coefficient (Wildman–Crippen LogP) is 1.25.